The number of aromatic hydroxyl groups is 2. The Morgan fingerprint density at radius 2 is 1.90 bits per heavy atom. The maximum Gasteiger partial charge on any atom is 0.211 e. The average molecular weight is 406 g/mol. The number of benzene rings is 2. The first-order chi connectivity index (χ1) is 14.1. The molecule has 2 aromatic heterocycles. The average Bonchev–Trinajstić information content (AvgIpc) is 3.11. The van der Waals surface area contributed by atoms with Crippen LogP contribution < -0.4 is 4.80 Å². The molecule has 144 valence electrons. The van der Waals surface area contributed by atoms with E-state index in [1.807, 2.05) is 11.4 Å². The van der Waals surface area contributed by atoms with Crippen LogP contribution in [0.5, 0.6) is 11.5 Å². The highest BCUT2D eigenvalue weighted by Crippen LogP contribution is 2.23. The van der Waals surface area contributed by atoms with Gasteiger partial charge in [-0.15, -0.1) is 11.3 Å². The molecule has 29 heavy (non-hydrogen) atoms. The molecule has 2 N–H and O–H groups in total. The summed E-state index contributed by atoms with van der Waals surface area (Å²) in [6.07, 6.45) is 4.77. The number of nitrogens with zero attached hydrogens (tertiary/aromatic N) is 4. The van der Waals surface area contributed by atoms with E-state index in [0.717, 1.165) is 5.56 Å². The van der Waals surface area contributed by atoms with E-state index in [2.05, 4.69) is 15.1 Å². The van der Waals surface area contributed by atoms with Crippen molar-refractivity contribution in [2.24, 2.45) is 10.1 Å². The molecule has 0 aliphatic carbocycles. The lowest BCUT2D eigenvalue weighted by atomic mass is 10.2. The lowest BCUT2D eigenvalue weighted by molar-refractivity contribution is 0.450. The van der Waals surface area contributed by atoms with E-state index in [9.17, 15) is 14.6 Å². The fourth-order valence-electron chi connectivity index (χ4n) is 2.60. The molecule has 2 aromatic carbocycles. The second kappa shape index (κ2) is 8.07. The molecule has 0 aliphatic heterocycles. The van der Waals surface area contributed by atoms with E-state index in [0.29, 0.717) is 21.7 Å². The van der Waals surface area contributed by atoms with Gasteiger partial charge in [-0.25, -0.2) is 14.1 Å². The van der Waals surface area contributed by atoms with E-state index in [-0.39, 0.29) is 17.3 Å². The number of pyridine rings is 1. The normalized spacial score (nSPS) is 12.0. The number of phenolic OH excluding ortho intramolecular Hbond substituents is 2. The quantitative estimate of drug-likeness (QED) is 0.496. The molecule has 4 aromatic rings. The molecule has 0 saturated carbocycles. The summed E-state index contributed by atoms with van der Waals surface area (Å²) in [7, 11) is 0. The SMILES string of the molecule is Oc1ccc(C=Nn2c(-c3ccc(F)cc3)csc2=Nc2cccnc2)c(O)c1. The summed E-state index contributed by atoms with van der Waals surface area (Å²) in [5, 5.41) is 25.8. The highest BCUT2D eigenvalue weighted by atomic mass is 32.1. The number of phenols is 2. The Morgan fingerprint density at radius 1 is 1.07 bits per heavy atom. The highest BCUT2D eigenvalue weighted by molar-refractivity contribution is 7.07. The highest BCUT2D eigenvalue weighted by Gasteiger charge is 2.09. The Kier molecular flexibility index (Phi) is 5.17. The van der Waals surface area contributed by atoms with Crippen molar-refractivity contribution in [3.63, 3.8) is 0 Å². The maximum atomic E-state index is 13.3. The smallest absolute Gasteiger partial charge is 0.211 e. The zero-order valence-electron chi connectivity index (χ0n) is 15.0. The van der Waals surface area contributed by atoms with Crippen LogP contribution in [0.15, 0.2) is 82.5 Å². The molecule has 0 radical (unpaired) electrons. The van der Waals surface area contributed by atoms with Crippen molar-refractivity contribution in [3.05, 3.63) is 88.6 Å². The second-order valence-corrected chi connectivity index (χ2v) is 6.87. The van der Waals surface area contributed by atoms with Gasteiger partial charge in [0.15, 0.2) is 0 Å². The fraction of sp³-hybridized carbons (Fsp3) is 0. The molecule has 2 heterocycles. The van der Waals surface area contributed by atoms with Crippen LogP contribution in [0.4, 0.5) is 10.1 Å². The van der Waals surface area contributed by atoms with Crippen LogP contribution in [-0.2, 0) is 0 Å². The van der Waals surface area contributed by atoms with Gasteiger partial charge >= 0.3 is 0 Å². The zero-order valence-corrected chi connectivity index (χ0v) is 15.8. The zero-order chi connectivity index (χ0) is 20.2. The third-order valence-corrected chi connectivity index (χ3v) is 4.84. The van der Waals surface area contributed by atoms with Gasteiger partial charge < -0.3 is 10.2 Å². The van der Waals surface area contributed by atoms with Crippen LogP contribution >= 0.6 is 11.3 Å². The molecule has 0 fully saturated rings. The Hall–Kier alpha value is -3.78. The van der Waals surface area contributed by atoms with Crippen LogP contribution in [0.25, 0.3) is 11.3 Å². The molecule has 0 spiro atoms. The minimum Gasteiger partial charge on any atom is -0.508 e. The van der Waals surface area contributed by atoms with Gasteiger partial charge in [0.2, 0.25) is 4.80 Å². The van der Waals surface area contributed by atoms with Gasteiger partial charge in [-0.1, -0.05) is 0 Å². The van der Waals surface area contributed by atoms with E-state index in [4.69, 9.17) is 0 Å². The van der Waals surface area contributed by atoms with Gasteiger partial charge in [0.1, 0.15) is 17.3 Å². The summed E-state index contributed by atoms with van der Waals surface area (Å²) in [6, 6.07) is 13.9. The number of rotatable bonds is 4. The standard InChI is InChI=1S/C21H15FN4O2S/c22-16-6-3-14(4-7-16)19-13-29-21(25-17-2-1-9-23-12-17)26(19)24-11-15-5-8-18(27)10-20(15)28/h1-13,27-28H. The monoisotopic (exact) mass is 406 g/mol. The Balaban J connectivity index is 1.84. The lowest BCUT2D eigenvalue weighted by Crippen LogP contribution is -2.11. The van der Waals surface area contributed by atoms with Gasteiger partial charge in [-0.3, -0.25) is 4.98 Å². The van der Waals surface area contributed by atoms with E-state index in [1.54, 1.807) is 41.3 Å². The van der Waals surface area contributed by atoms with Crippen molar-refractivity contribution in [1.29, 1.82) is 0 Å². The third-order valence-electron chi connectivity index (χ3n) is 4.02. The summed E-state index contributed by atoms with van der Waals surface area (Å²) in [6.45, 7) is 0. The van der Waals surface area contributed by atoms with Crippen molar-refractivity contribution in [3.8, 4) is 22.8 Å². The Labute approximate surface area is 169 Å². The fourth-order valence-corrected chi connectivity index (χ4v) is 3.46. The van der Waals surface area contributed by atoms with Gasteiger partial charge in [0.25, 0.3) is 0 Å². The van der Waals surface area contributed by atoms with Crippen molar-refractivity contribution in [2.45, 2.75) is 0 Å². The summed E-state index contributed by atoms with van der Waals surface area (Å²) >= 11 is 1.37. The van der Waals surface area contributed by atoms with Crippen LogP contribution in [0.2, 0.25) is 0 Å². The molecular weight excluding hydrogens is 391 g/mol. The summed E-state index contributed by atoms with van der Waals surface area (Å²) < 4.78 is 14.9. The van der Waals surface area contributed by atoms with Crippen LogP contribution in [-0.4, -0.2) is 26.1 Å². The van der Waals surface area contributed by atoms with Crippen molar-refractivity contribution in [2.75, 3.05) is 0 Å². The van der Waals surface area contributed by atoms with Crippen LogP contribution in [0.3, 0.4) is 0 Å². The topological polar surface area (TPSA) is 83.0 Å². The number of hydrogen-bond acceptors (Lipinski definition) is 6. The molecular formula is C21H15FN4O2S. The third kappa shape index (κ3) is 4.22. The summed E-state index contributed by atoms with van der Waals surface area (Å²) in [5.41, 5.74) is 2.57. The van der Waals surface area contributed by atoms with Crippen molar-refractivity contribution in [1.82, 2.24) is 9.66 Å². The first-order valence-corrected chi connectivity index (χ1v) is 9.46. The van der Waals surface area contributed by atoms with Crippen LogP contribution in [0.1, 0.15) is 5.56 Å². The predicted octanol–water partition coefficient (Wildman–Crippen LogP) is 4.28. The molecule has 0 bridgehead atoms. The molecule has 4 rings (SSSR count). The van der Waals surface area contributed by atoms with Gasteiger partial charge in [-0.2, -0.15) is 5.10 Å². The molecule has 8 heteroatoms. The minimum absolute atomic E-state index is 0.0397. The minimum atomic E-state index is -0.326. The first-order valence-electron chi connectivity index (χ1n) is 8.58. The predicted molar refractivity (Wildman–Crippen MR) is 110 cm³/mol. The second-order valence-electron chi connectivity index (χ2n) is 6.03. The molecule has 0 amide bonds. The Morgan fingerprint density at radius 3 is 2.62 bits per heavy atom. The van der Waals surface area contributed by atoms with Crippen molar-refractivity contribution < 1.29 is 14.6 Å². The van der Waals surface area contributed by atoms with Crippen LogP contribution in [0, 0.1) is 5.82 Å². The number of hydrogen-bond donors (Lipinski definition) is 2. The molecule has 0 saturated heterocycles. The maximum absolute atomic E-state index is 13.3. The molecule has 0 aliphatic rings. The Bertz CT molecular complexity index is 1230. The summed E-state index contributed by atoms with van der Waals surface area (Å²) in [5.74, 6) is -0.464. The molecule has 0 atom stereocenters. The summed E-state index contributed by atoms with van der Waals surface area (Å²) in [4.78, 5) is 9.22. The number of aromatic nitrogens is 2. The largest absolute Gasteiger partial charge is 0.508 e. The molecule has 6 nitrogen and oxygen atoms in total. The van der Waals surface area contributed by atoms with Gasteiger partial charge in [0, 0.05) is 28.8 Å². The van der Waals surface area contributed by atoms with E-state index < -0.39 is 0 Å². The van der Waals surface area contributed by atoms with E-state index in [1.165, 1.54) is 41.8 Å². The van der Waals surface area contributed by atoms with Gasteiger partial charge in [0.05, 0.1) is 23.8 Å². The number of halogens is 1. The molecule has 0 unspecified atom stereocenters. The van der Waals surface area contributed by atoms with Gasteiger partial charge in [-0.05, 0) is 48.5 Å². The lowest BCUT2D eigenvalue weighted by Gasteiger charge is -2.04. The van der Waals surface area contributed by atoms with Crippen molar-refractivity contribution >= 4 is 23.2 Å². The number of thiazole rings is 1. The van der Waals surface area contributed by atoms with E-state index >= 15 is 0 Å². The first kappa shape index (κ1) is 18.6.